The van der Waals surface area contributed by atoms with Gasteiger partial charge in [-0.3, -0.25) is 10.1 Å². The smallest absolute Gasteiger partial charge is 0.317 e. The lowest BCUT2D eigenvalue weighted by atomic mass is 9.94. The molecule has 0 aromatic heterocycles. The average Bonchev–Trinajstić information content (AvgIpc) is 2.67. The predicted octanol–water partition coefficient (Wildman–Crippen LogP) is 2.78. The van der Waals surface area contributed by atoms with Crippen molar-refractivity contribution in [1.29, 1.82) is 0 Å². The molecule has 1 N–H and O–H groups in total. The van der Waals surface area contributed by atoms with E-state index in [2.05, 4.69) is 22.4 Å². The molecule has 3 rings (SSSR count). The molecule has 25 heavy (non-hydrogen) atoms. The van der Waals surface area contributed by atoms with E-state index in [0.29, 0.717) is 32.1 Å². The number of nitrogens with one attached hydrogen (secondary N) is 1. The Morgan fingerprint density at radius 2 is 2.04 bits per heavy atom. The largest absolute Gasteiger partial charge is 0.368 e. The maximum Gasteiger partial charge on any atom is 0.317 e. The van der Waals surface area contributed by atoms with Crippen molar-refractivity contribution < 1.29 is 9.72 Å². The maximum absolute atomic E-state index is 12.3. The summed E-state index contributed by atoms with van der Waals surface area (Å²) >= 11 is 0. The number of hydrogen-bond donors (Lipinski definition) is 1. The number of non-ortho nitro benzene ring substituents is 1. The van der Waals surface area contributed by atoms with Gasteiger partial charge in [-0.05, 0) is 31.2 Å². The molecule has 0 unspecified atom stereocenters. The van der Waals surface area contributed by atoms with E-state index >= 15 is 0 Å². The molecule has 2 aliphatic rings. The molecule has 134 valence electrons. The van der Waals surface area contributed by atoms with Crippen LogP contribution in [-0.4, -0.2) is 48.6 Å². The number of hydrogen-bond acceptors (Lipinski definition) is 4. The van der Waals surface area contributed by atoms with Gasteiger partial charge in [0, 0.05) is 50.5 Å². The van der Waals surface area contributed by atoms with Gasteiger partial charge in [-0.2, -0.15) is 0 Å². The van der Waals surface area contributed by atoms with Crippen molar-refractivity contribution in [1.82, 2.24) is 10.2 Å². The Hall–Kier alpha value is -2.57. The summed E-state index contributed by atoms with van der Waals surface area (Å²) in [6, 6.07) is 6.65. The van der Waals surface area contributed by atoms with Crippen LogP contribution in [0, 0.1) is 16.0 Å². The Morgan fingerprint density at radius 3 is 2.72 bits per heavy atom. The first kappa shape index (κ1) is 17.3. The molecule has 7 nitrogen and oxygen atoms in total. The third kappa shape index (κ3) is 4.49. The molecular weight excluding hydrogens is 320 g/mol. The lowest BCUT2D eigenvalue weighted by Gasteiger charge is -2.36. The van der Waals surface area contributed by atoms with Gasteiger partial charge in [-0.1, -0.05) is 18.2 Å². The fraction of sp³-hybridized carbons (Fsp3) is 0.500. The minimum atomic E-state index is -0.381. The van der Waals surface area contributed by atoms with E-state index in [1.165, 1.54) is 6.07 Å². The topological polar surface area (TPSA) is 78.7 Å². The highest BCUT2D eigenvalue weighted by molar-refractivity contribution is 5.74. The number of nitrogens with zero attached hydrogens (tertiary/aromatic N) is 3. The van der Waals surface area contributed by atoms with Crippen LogP contribution in [0.15, 0.2) is 36.4 Å². The lowest BCUT2D eigenvalue weighted by molar-refractivity contribution is -0.384. The van der Waals surface area contributed by atoms with E-state index < -0.39 is 0 Å². The number of allylic oxidation sites excluding steroid dienone is 2. The number of amides is 2. The fourth-order valence-corrected chi connectivity index (χ4v) is 3.36. The van der Waals surface area contributed by atoms with Gasteiger partial charge in [0.05, 0.1) is 4.92 Å². The zero-order valence-corrected chi connectivity index (χ0v) is 14.3. The number of anilines is 1. The fourth-order valence-electron chi connectivity index (χ4n) is 3.36. The molecular formula is C18H24N4O3. The van der Waals surface area contributed by atoms with Gasteiger partial charge >= 0.3 is 6.03 Å². The highest BCUT2D eigenvalue weighted by Crippen LogP contribution is 2.22. The molecule has 1 aromatic carbocycles. The van der Waals surface area contributed by atoms with Crippen molar-refractivity contribution >= 4 is 17.4 Å². The van der Waals surface area contributed by atoms with Crippen LogP contribution in [0.2, 0.25) is 0 Å². The van der Waals surface area contributed by atoms with E-state index in [0.717, 1.165) is 31.5 Å². The van der Waals surface area contributed by atoms with Crippen molar-refractivity contribution in [3.05, 3.63) is 46.5 Å². The first-order valence-corrected chi connectivity index (χ1v) is 8.80. The molecule has 1 aromatic rings. The summed E-state index contributed by atoms with van der Waals surface area (Å²) < 4.78 is 0. The number of urea groups is 1. The summed E-state index contributed by atoms with van der Waals surface area (Å²) in [5.74, 6) is 0.542. The maximum atomic E-state index is 12.3. The van der Waals surface area contributed by atoms with Crippen molar-refractivity contribution in [2.75, 3.05) is 37.6 Å². The predicted molar refractivity (Wildman–Crippen MR) is 96.8 cm³/mol. The molecule has 0 saturated carbocycles. The van der Waals surface area contributed by atoms with Crippen LogP contribution in [-0.2, 0) is 0 Å². The summed E-state index contributed by atoms with van der Waals surface area (Å²) in [5, 5.41) is 13.9. The lowest BCUT2D eigenvalue weighted by Crippen LogP contribution is -2.52. The summed E-state index contributed by atoms with van der Waals surface area (Å²) in [4.78, 5) is 26.7. The number of carbonyl (C=O) groups excluding carboxylic acids is 1. The highest BCUT2D eigenvalue weighted by Gasteiger charge is 2.22. The Bertz CT molecular complexity index is 653. The van der Waals surface area contributed by atoms with E-state index in [1.54, 1.807) is 12.1 Å². The van der Waals surface area contributed by atoms with E-state index in [4.69, 9.17) is 0 Å². The third-order valence-electron chi connectivity index (χ3n) is 4.89. The van der Waals surface area contributed by atoms with Gasteiger partial charge in [-0.25, -0.2) is 4.79 Å². The number of benzene rings is 1. The number of nitro benzene ring substituents is 1. The molecule has 0 bridgehead atoms. The van der Waals surface area contributed by atoms with Gasteiger partial charge < -0.3 is 15.1 Å². The Morgan fingerprint density at radius 1 is 1.24 bits per heavy atom. The van der Waals surface area contributed by atoms with Crippen LogP contribution in [0.4, 0.5) is 16.2 Å². The van der Waals surface area contributed by atoms with Crippen molar-refractivity contribution in [3.8, 4) is 0 Å². The van der Waals surface area contributed by atoms with E-state index in [9.17, 15) is 14.9 Å². The van der Waals surface area contributed by atoms with Crippen molar-refractivity contribution in [2.45, 2.75) is 19.3 Å². The minimum absolute atomic E-state index is 0.00625. The average molecular weight is 344 g/mol. The number of carbonyl (C=O) groups is 1. The Balaban J connectivity index is 1.48. The van der Waals surface area contributed by atoms with Gasteiger partial charge in [0.25, 0.3) is 5.69 Å². The third-order valence-corrected chi connectivity index (χ3v) is 4.89. The molecule has 1 atom stereocenters. The highest BCUT2D eigenvalue weighted by atomic mass is 16.6. The molecule has 1 heterocycles. The molecule has 0 spiro atoms. The minimum Gasteiger partial charge on any atom is -0.368 e. The van der Waals surface area contributed by atoms with Crippen LogP contribution < -0.4 is 10.2 Å². The van der Waals surface area contributed by atoms with Crippen molar-refractivity contribution in [2.24, 2.45) is 5.92 Å². The van der Waals surface area contributed by atoms with Gasteiger partial charge in [0.15, 0.2) is 0 Å². The summed E-state index contributed by atoms with van der Waals surface area (Å²) in [6.45, 7) is 3.34. The normalized spacial score (nSPS) is 20.4. The molecule has 2 amide bonds. The molecule has 1 aliphatic heterocycles. The second-order valence-electron chi connectivity index (χ2n) is 6.59. The first-order chi connectivity index (χ1) is 12.1. The van der Waals surface area contributed by atoms with Gasteiger partial charge in [0.1, 0.15) is 0 Å². The zero-order valence-electron chi connectivity index (χ0n) is 14.3. The van der Waals surface area contributed by atoms with Crippen LogP contribution in [0.3, 0.4) is 0 Å². The SMILES string of the molecule is O=C(NC[C@H]1CC=CCC1)N1CCN(c2cccc([N+](=O)[O-])c2)CC1. The molecule has 1 saturated heterocycles. The van der Waals surface area contributed by atoms with Gasteiger partial charge in [-0.15, -0.1) is 0 Å². The summed E-state index contributed by atoms with van der Waals surface area (Å²) in [7, 11) is 0. The second-order valence-corrected chi connectivity index (χ2v) is 6.59. The summed E-state index contributed by atoms with van der Waals surface area (Å²) in [6.07, 6.45) is 7.67. The van der Waals surface area contributed by atoms with Crippen LogP contribution >= 0.6 is 0 Å². The standard InChI is InChI=1S/C18H24N4O3/c23-18(19-14-15-5-2-1-3-6-15)21-11-9-20(10-12-21)16-7-4-8-17(13-16)22(24)25/h1-2,4,7-8,13,15H,3,5-6,9-12,14H2,(H,19,23)/t15-/m0/s1. The van der Waals surface area contributed by atoms with Crippen molar-refractivity contribution in [3.63, 3.8) is 0 Å². The van der Waals surface area contributed by atoms with Crippen LogP contribution in [0.25, 0.3) is 0 Å². The molecule has 1 fully saturated rings. The van der Waals surface area contributed by atoms with Crippen LogP contribution in [0.5, 0.6) is 0 Å². The number of piperazine rings is 1. The monoisotopic (exact) mass is 344 g/mol. The number of nitro groups is 1. The Kier molecular flexibility index (Phi) is 5.53. The second kappa shape index (κ2) is 8.00. The molecule has 1 aliphatic carbocycles. The van der Waals surface area contributed by atoms with E-state index in [1.807, 2.05) is 11.0 Å². The first-order valence-electron chi connectivity index (χ1n) is 8.80. The van der Waals surface area contributed by atoms with Gasteiger partial charge in [0.2, 0.25) is 0 Å². The zero-order chi connectivity index (χ0) is 17.6. The Labute approximate surface area is 147 Å². The van der Waals surface area contributed by atoms with Crippen LogP contribution in [0.1, 0.15) is 19.3 Å². The number of rotatable bonds is 4. The summed E-state index contributed by atoms with van der Waals surface area (Å²) in [5.41, 5.74) is 0.933. The van der Waals surface area contributed by atoms with E-state index in [-0.39, 0.29) is 16.6 Å². The quantitative estimate of drug-likeness (QED) is 0.517. The molecule has 7 heteroatoms. The molecule has 0 radical (unpaired) electrons.